The maximum Gasteiger partial charge on any atom is 0.162 e. The maximum absolute atomic E-state index is 5.95. The molecule has 0 spiro atoms. The van der Waals surface area contributed by atoms with Gasteiger partial charge < -0.3 is 10.1 Å². The first kappa shape index (κ1) is 16.2. The average Bonchev–Trinajstić information content (AvgIpc) is 2.72. The molecular weight excluding hydrogens is 262 g/mol. The van der Waals surface area contributed by atoms with Gasteiger partial charge in [-0.05, 0) is 25.2 Å². The molecule has 1 fully saturated rings. The van der Waals surface area contributed by atoms with Crippen LogP contribution in [0.15, 0.2) is 6.07 Å². The number of ether oxygens (including phenoxy) is 1. The number of nitrogens with zero attached hydrogens (tertiary/aromatic N) is 2. The zero-order valence-electron chi connectivity index (χ0n) is 13.9. The van der Waals surface area contributed by atoms with Crippen molar-refractivity contribution in [2.45, 2.75) is 64.4 Å². The molecule has 0 radical (unpaired) electrons. The summed E-state index contributed by atoms with van der Waals surface area (Å²) in [7, 11) is 3.72. The fourth-order valence-corrected chi connectivity index (χ4v) is 3.17. The molecule has 0 unspecified atom stereocenters. The lowest BCUT2D eigenvalue weighted by molar-refractivity contribution is -0.0352. The molecule has 0 saturated heterocycles. The van der Waals surface area contributed by atoms with Crippen LogP contribution in [0, 0.1) is 5.92 Å². The second-order valence-corrected chi connectivity index (χ2v) is 6.53. The first-order valence-electron chi connectivity index (χ1n) is 8.21. The first-order valence-corrected chi connectivity index (χ1v) is 8.21. The zero-order chi connectivity index (χ0) is 15.3. The van der Waals surface area contributed by atoms with E-state index in [1.807, 2.05) is 14.2 Å². The van der Waals surface area contributed by atoms with E-state index >= 15 is 0 Å². The molecule has 0 aliphatic heterocycles. The number of rotatable bonds is 5. The van der Waals surface area contributed by atoms with Crippen molar-refractivity contribution >= 4 is 5.82 Å². The van der Waals surface area contributed by atoms with Crippen LogP contribution < -0.4 is 5.32 Å². The van der Waals surface area contributed by atoms with Crippen LogP contribution in [0.3, 0.4) is 0 Å². The third-order valence-corrected chi connectivity index (χ3v) is 4.36. The molecule has 1 aliphatic carbocycles. The van der Waals surface area contributed by atoms with Crippen LogP contribution in [0.4, 0.5) is 5.82 Å². The third kappa shape index (κ3) is 3.94. The molecule has 118 valence electrons. The molecule has 1 N–H and O–H groups in total. The van der Waals surface area contributed by atoms with E-state index in [-0.39, 0.29) is 5.60 Å². The predicted molar refractivity (Wildman–Crippen MR) is 86.5 cm³/mol. The van der Waals surface area contributed by atoms with Crippen LogP contribution in [0.5, 0.6) is 0 Å². The van der Waals surface area contributed by atoms with Crippen molar-refractivity contribution in [1.29, 1.82) is 0 Å². The van der Waals surface area contributed by atoms with E-state index in [1.54, 1.807) is 0 Å². The maximum atomic E-state index is 5.95. The number of anilines is 1. The van der Waals surface area contributed by atoms with E-state index in [9.17, 15) is 0 Å². The highest BCUT2D eigenvalue weighted by Crippen LogP contribution is 2.37. The van der Waals surface area contributed by atoms with Crippen LogP contribution in [0.1, 0.15) is 63.9 Å². The van der Waals surface area contributed by atoms with Crippen molar-refractivity contribution in [3.05, 3.63) is 17.6 Å². The average molecular weight is 291 g/mol. The molecule has 1 saturated carbocycles. The molecule has 1 aromatic rings. The van der Waals surface area contributed by atoms with Gasteiger partial charge in [-0.3, -0.25) is 0 Å². The molecule has 0 amide bonds. The summed E-state index contributed by atoms with van der Waals surface area (Å²) < 4.78 is 5.95. The van der Waals surface area contributed by atoms with Crippen LogP contribution >= 0.6 is 0 Å². The van der Waals surface area contributed by atoms with E-state index in [0.717, 1.165) is 36.6 Å². The largest absolute Gasteiger partial charge is 0.373 e. The van der Waals surface area contributed by atoms with E-state index in [4.69, 9.17) is 14.7 Å². The smallest absolute Gasteiger partial charge is 0.162 e. The minimum atomic E-state index is -0.297. The topological polar surface area (TPSA) is 47.0 Å². The quantitative estimate of drug-likeness (QED) is 0.835. The number of aromatic nitrogens is 2. The first-order chi connectivity index (χ1) is 10.1. The van der Waals surface area contributed by atoms with Crippen molar-refractivity contribution in [2.24, 2.45) is 5.92 Å². The number of methoxy groups -OCH3 is 1. The van der Waals surface area contributed by atoms with E-state index in [1.165, 1.54) is 25.7 Å². The molecule has 21 heavy (non-hydrogen) atoms. The predicted octanol–water partition coefficient (Wildman–Crippen LogP) is 3.91. The standard InChI is InChI=1S/C17H29N3O/c1-13(2)11-14-12-15(18-3)20-16(19-14)17(21-4)9-7-5-6-8-10-17/h12-13H,5-11H2,1-4H3,(H,18,19,20). The molecule has 0 bridgehead atoms. The Hall–Kier alpha value is -1.16. The van der Waals surface area contributed by atoms with E-state index < -0.39 is 0 Å². The summed E-state index contributed by atoms with van der Waals surface area (Å²) in [5, 5.41) is 3.17. The highest BCUT2D eigenvalue weighted by molar-refractivity contribution is 5.36. The van der Waals surface area contributed by atoms with Crippen molar-refractivity contribution in [3.8, 4) is 0 Å². The molecule has 4 heteroatoms. The monoisotopic (exact) mass is 291 g/mol. The summed E-state index contributed by atoms with van der Waals surface area (Å²) in [6, 6.07) is 2.06. The van der Waals surface area contributed by atoms with Gasteiger partial charge in [0.25, 0.3) is 0 Å². The van der Waals surface area contributed by atoms with Gasteiger partial charge in [0.2, 0.25) is 0 Å². The van der Waals surface area contributed by atoms with Gasteiger partial charge in [0.15, 0.2) is 5.82 Å². The fourth-order valence-electron chi connectivity index (χ4n) is 3.17. The van der Waals surface area contributed by atoms with Crippen LogP contribution in [0.25, 0.3) is 0 Å². The van der Waals surface area contributed by atoms with Gasteiger partial charge in [0.05, 0.1) is 0 Å². The molecule has 0 atom stereocenters. The molecule has 1 aromatic heterocycles. The number of nitrogens with one attached hydrogen (secondary N) is 1. The van der Waals surface area contributed by atoms with E-state index in [0.29, 0.717) is 5.92 Å². The van der Waals surface area contributed by atoms with Gasteiger partial charge in [0.1, 0.15) is 11.4 Å². The Bertz CT molecular complexity index is 451. The molecule has 0 aromatic carbocycles. The Labute approximate surface area is 128 Å². The highest BCUT2D eigenvalue weighted by Gasteiger charge is 2.36. The zero-order valence-corrected chi connectivity index (χ0v) is 13.9. The minimum absolute atomic E-state index is 0.297. The molecule has 1 aliphatic rings. The molecular formula is C17H29N3O. The SMILES string of the molecule is CNc1cc(CC(C)C)nc(C2(OC)CCCCCC2)n1. The summed E-state index contributed by atoms with van der Waals surface area (Å²) in [6.45, 7) is 4.44. The summed E-state index contributed by atoms with van der Waals surface area (Å²) in [4.78, 5) is 9.57. The Morgan fingerprint density at radius 1 is 1.19 bits per heavy atom. The van der Waals surface area contributed by atoms with Crippen LogP contribution in [-0.2, 0) is 16.8 Å². The lowest BCUT2D eigenvalue weighted by Gasteiger charge is -2.30. The van der Waals surface area contributed by atoms with Gasteiger partial charge in [-0.1, -0.05) is 39.5 Å². The van der Waals surface area contributed by atoms with Crippen LogP contribution in [0.2, 0.25) is 0 Å². The van der Waals surface area contributed by atoms with Crippen molar-refractivity contribution in [3.63, 3.8) is 0 Å². The second kappa shape index (κ2) is 7.21. The molecule has 2 rings (SSSR count). The highest BCUT2D eigenvalue weighted by atomic mass is 16.5. The lowest BCUT2D eigenvalue weighted by atomic mass is 9.92. The van der Waals surface area contributed by atoms with Crippen molar-refractivity contribution < 1.29 is 4.74 Å². The van der Waals surface area contributed by atoms with Crippen molar-refractivity contribution in [1.82, 2.24) is 9.97 Å². The van der Waals surface area contributed by atoms with Gasteiger partial charge in [-0.25, -0.2) is 9.97 Å². The van der Waals surface area contributed by atoms with Gasteiger partial charge in [-0.2, -0.15) is 0 Å². The second-order valence-electron chi connectivity index (χ2n) is 6.53. The van der Waals surface area contributed by atoms with Gasteiger partial charge in [0, 0.05) is 25.9 Å². The number of hydrogen-bond donors (Lipinski definition) is 1. The summed E-state index contributed by atoms with van der Waals surface area (Å²) in [5.74, 6) is 2.36. The van der Waals surface area contributed by atoms with Crippen molar-refractivity contribution in [2.75, 3.05) is 19.5 Å². The summed E-state index contributed by atoms with van der Waals surface area (Å²) in [6.07, 6.45) is 7.99. The Balaban J connectivity index is 2.38. The Morgan fingerprint density at radius 2 is 1.86 bits per heavy atom. The molecule has 4 nitrogen and oxygen atoms in total. The summed E-state index contributed by atoms with van der Waals surface area (Å²) >= 11 is 0. The Morgan fingerprint density at radius 3 is 2.38 bits per heavy atom. The fraction of sp³-hybridized carbons (Fsp3) is 0.765. The normalized spacial score (nSPS) is 18.5. The van der Waals surface area contributed by atoms with Crippen LogP contribution in [-0.4, -0.2) is 24.1 Å². The van der Waals surface area contributed by atoms with Gasteiger partial charge in [-0.15, -0.1) is 0 Å². The number of hydrogen-bond acceptors (Lipinski definition) is 4. The van der Waals surface area contributed by atoms with Gasteiger partial charge >= 0.3 is 0 Å². The molecule has 1 heterocycles. The lowest BCUT2D eigenvalue weighted by Crippen LogP contribution is -2.31. The Kier molecular flexibility index (Phi) is 5.57. The third-order valence-electron chi connectivity index (χ3n) is 4.36. The summed E-state index contributed by atoms with van der Waals surface area (Å²) in [5.41, 5.74) is 0.815. The minimum Gasteiger partial charge on any atom is -0.373 e. The van der Waals surface area contributed by atoms with E-state index in [2.05, 4.69) is 25.2 Å².